The minimum Gasteiger partial charge on any atom is -0.489 e. The fourth-order valence-electron chi connectivity index (χ4n) is 3.13. The molecule has 1 saturated heterocycles. The molecule has 1 aliphatic rings. The number of para-hydroxylation sites is 1. The van der Waals surface area contributed by atoms with Crippen LogP contribution >= 0.6 is 34.8 Å². The molecule has 0 radical (unpaired) electrons. The Labute approximate surface area is 194 Å². The van der Waals surface area contributed by atoms with Gasteiger partial charge in [0.15, 0.2) is 5.11 Å². The Bertz CT molecular complexity index is 1100. The Morgan fingerprint density at radius 2 is 1.63 bits per heavy atom. The van der Waals surface area contributed by atoms with E-state index in [1.807, 2.05) is 67.7 Å². The van der Waals surface area contributed by atoms with E-state index in [-0.39, 0.29) is 5.91 Å². The first-order chi connectivity index (χ1) is 14.5. The molecule has 0 spiro atoms. The van der Waals surface area contributed by atoms with Crippen molar-refractivity contribution in [1.29, 1.82) is 0 Å². The number of amides is 1. The summed E-state index contributed by atoms with van der Waals surface area (Å²) in [6, 6.07) is 25.4. The van der Waals surface area contributed by atoms with Gasteiger partial charge in [0.2, 0.25) is 0 Å². The molecule has 4 rings (SSSR count). The summed E-state index contributed by atoms with van der Waals surface area (Å²) < 4.78 is 7.06. The van der Waals surface area contributed by atoms with Gasteiger partial charge in [-0.2, -0.15) is 0 Å². The second-order valence-corrected chi connectivity index (χ2v) is 8.44. The van der Waals surface area contributed by atoms with Crippen molar-refractivity contribution in [3.63, 3.8) is 0 Å². The zero-order chi connectivity index (χ0) is 21.1. The maximum absolute atomic E-state index is 13.0. The standard InChI is InChI=1S/C24H19IN2O2S/c1-26-22(23(28)27(24(26)30)20-5-3-2-4-6-20)15-17-9-13-21(14-10-17)29-16-18-7-11-19(25)12-8-18/h2-15H,16H2,1H3/b22-15-. The van der Waals surface area contributed by atoms with E-state index in [0.717, 1.165) is 22.6 Å². The van der Waals surface area contributed by atoms with E-state index in [1.54, 1.807) is 9.80 Å². The number of carbonyl (C=O) groups is 1. The monoisotopic (exact) mass is 526 g/mol. The first kappa shape index (κ1) is 20.6. The van der Waals surface area contributed by atoms with E-state index in [0.29, 0.717) is 17.4 Å². The summed E-state index contributed by atoms with van der Waals surface area (Å²) in [6.07, 6.45) is 1.85. The lowest BCUT2D eigenvalue weighted by atomic mass is 10.1. The van der Waals surface area contributed by atoms with E-state index in [1.165, 1.54) is 3.57 Å². The predicted molar refractivity (Wildman–Crippen MR) is 132 cm³/mol. The third kappa shape index (κ3) is 4.39. The zero-order valence-electron chi connectivity index (χ0n) is 16.3. The van der Waals surface area contributed by atoms with Crippen LogP contribution in [0.15, 0.2) is 84.6 Å². The Balaban J connectivity index is 1.48. The number of ether oxygens (including phenoxy) is 1. The van der Waals surface area contributed by atoms with Gasteiger partial charge in [0.25, 0.3) is 5.91 Å². The van der Waals surface area contributed by atoms with Gasteiger partial charge in [-0.1, -0.05) is 42.5 Å². The number of nitrogens with zero attached hydrogens (tertiary/aromatic N) is 2. The minimum absolute atomic E-state index is 0.132. The summed E-state index contributed by atoms with van der Waals surface area (Å²) in [5.74, 6) is 0.649. The topological polar surface area (TPSA) is 32.8 Å². The number of carbonyl (C=O) groups excluding carboxylic acids is 1. The van der Waals surface area contributed by atoms with E-state index in [9.17, 15) is 4.79 Å². The van der Waals surface area contributed by atoms with Crippen LogP contribution in [0.4, 0.5) is 5.69 Å². The molecule has 0 unspecified atom stereocenters. The molecule has 30 heavy (non-hydrogen) atoms. The van der Waals surface area contributed by atoms with Crippen LogP contribution in [0, 0.1) is 3.57 Å². The lowest BCUT2D eigenvalue weighted by molar-refractivity contribution is -0.114. The molecule has 3 aromatic carbocycles. The molecule has 150 valence electrons. The highest BCUT2D eigenvalue weighted by atomic mass is 127. The van der Waals surface area contributed by atoms with Crippen LogP contribution in [0.3, 0.4) is 0 Å². The van der Waals surface area contributed by atoms with Crippen molar-refractivity contribution in [3.8, 4) is 5.75 Å². The fraction of sp³-hybridized carbons (Fsp3) is 0.0833. The molecular weight excluding hydrogens is 507 g/mol. The van der Waals surface area contributed by atoms with Crippen molar-refractivity contribution in [3.05, 3.63) is 99.3 Å². The van der Waals surface area contributed by atoms with Gasteiger partial charge in [-0.15, -0.1) is 0 Å². The summed E-state index contributed by atoms with van der Waals surface area (Å²) in [5.41, 5.74) is 3.33. The molecule has 1 fully saturated rings. The van der Waals surface area contributed by atoms with Gasteiger partial charge in [-0.25, -0.2) is 0 Å². The van der Waals surface area contributed by atoms with Gasteiger partial charge in [0, 0.05) is 10.6 Å². The quantitative estimate of drug-likeness (QED) is 0.251. The minimum atomic E-state index is -0.132. The Kier molecular flexibility index (Phi) is 6.15. The Morgan fingerprint density at radius 3 is 2.30 bits per heavy atom. The molecule has 0 saturated carbocycles. The van der Waals surface area contributed by atoms with E-state index in [2.05, 4.69) is 46.9 Å². The molecule has 3 aromatic rings. The van der Waals surface area contributed by atoms with Crippen molar-refractivity contribution < 1.29 is 9.53 Å². The van der Waals surface area contributed by atoms with Gasteiger partial charge in [0.1, 0.15) is 18.1 Å². The number of likely N-dealkylation sites (N-methyl/N-ethyl adjacent to an activating group) is 1. The van der Waals surface area contributed by atoms with Crippen molar-refractivity contribution in [2.45, 2.75) is 6.61 Å². The van der Waals surface area contributed by atoms with Gasteiger partial charge in [0.05, 0.1) is 5.69 Å². The van der Waals surface area contributed by atoms with Crippen LogP contribution < -0.4 is 9.64 Å². The molecule has 4 nitrogen and oxygen atoms in total. The first-order valence-corrected chi connectivity index (χ1v) is 10.9. The Morgan fingerprint density at radius 1 is 0.967 bits per heavy atom. The van der Waals surface area contributed by atoms with Crippen LogP contribution in [0.1, 0.15) is 11.1 Å². The van der Waals surface area contributed by atoms with Gasteiger partial charge in [-0.05, 0) is 88.4 Å². The van der Waals surface area contributed by atoms with Gasteiger partial charge >= 0.3 is 0 Å². The highest BCUT2D eigenvalue weighted by Gasteiger charge is 2.36. The number of anilines is 1. The number of halogens is 1. The van der Waals surface area contributed by atoms with Crippen molar-refractivity contribution in [2.24, 2.45) is 0 Å². The van der Waals surface area contributed by atoms with E-state index < -0.39 is 0 Å². The van der Waals surface area contributed by atoms with Gasteiger partial charge in [-0.3, -0.25) is 9.69 Å². The number of rotatable bonds is 5. The molecule has 0 aromatic heterocycles. The average molecular weight is 526 g/mol. The van der Waals surface area contributed by atoms with Gasteiger partial charge < -0.3 is 9.64 Å². The van der Waals surface area contributed by atoms with Crippen LogP contribution in [0.25, 0.3) is 6.08 Å². The summed E-state index contributed by atoms with van der Waals surface area (Å²) in [5, 5.41) is 0.468. The van der Waals surface area contributed by atoms with E-state index in [4.69, 9.17) is 17.0 Å². The maximum Gasteiger partial charge on any atom is 0.281 e. The van der Waals surface area contributed by atoms with Crippen molar-refractivity contribution in [2.75, 3.05) is 11.9 Å². The molecule has 1 aliphatic heterocycles. The summed E-state index contributed by atoms with van der Waals surface area (Å²) in [6.45, 7) is 0.513. The summed E-state index contributed by atoms with van der Waals surface area (Å²) >= 11 is 7.78. The SMILES string of the molecule is CN1C(=S)N(c2ccccc2)C(=O)/C1=C/c1ccc(OCc2ccc(I)cc2)cc1. The molecule has 0 atom stereocenters. The van der Waals surface area contributed by atoms with Crippen LogP contribution in [0.5, 0.6) is 5.75 Å². The van der Waals surface area contributed by atoms with Crippen LogP contribution in [-0.4, -0.2) is 23.0 Å². The molecule has 0 bridgehead atoms. The molecule has 0 N–H and O–H groups in total. The summed E-state index contributed by atoms with van der Waals surface area (Å²) in [7, 11) is 1.81. The molecule has 6 heteroatoms. The number of thiocarbonyl (C=S) groups is 1. The van der Waals surface area contributed by atoms with Crippen molar-refractivity contribution in [1.82, 2.24) is 4.90 Å². The summed E-state index contributed by atoms with van der Waals surface area (Å²) in [4.78, 5) is 16.3. The third-order valence-electron chi connectivity index (χ3n) is 4.78. The molecule has 1 heterocycles. The first-order valence-electron chi connectivity index (χ1n) is 9.39. The second-order valence-electron chi connectivity index (χ2n) is 6.83. The molecular formula is C24H19IN2O2S. The van der Waals surface area contributed by atoms with E-state index >= 15 is 0 Å². The highest BCUT2D eigenvalue weighted by molar-refractivity contribution is 14.1. The smallest absolute Gasteiger partial charge is 0.281 e. The normalized spacial score (nSPS) is 15.2. The molecule has 0 aliphatic carbocycles. The highest BCUT2D eigenvalue weighted by Crippen LogP contribution is 2.28. The number of hydrogen-bond donors (Lipinski definition) is 0. The Hall–Kier alpha value is -2.71. The number of hydrogen-bond acceptors (Lipinski definition) is 3. The lowest BCUT2D eigenvalue weighted by Crippen LogP contribution is -2.30. The second kappa shape index (κ2) is 8.97. The third-order valence-corrected chi connectivity index (χ3v) is 5.95. The largest absolute Gasteiger partial charge is 0.489 e. The maximum atomic E-state index is 13.0. The average Bonchev–Trinajstić information content (AvgIpc) is 2.98. The van der Waals surface area contributed by atoms with Crippen molar-refractivity contribution >= 4 is 57.6 Å². The van der Waals surface area contributed by atoms with Crippen LogP contribution in [0.2, 0.25) is 0 Å². The fourth-order valence-corrected chi connectivity index (χ4v) is 3.77. The predicted octanol–water partition coefficient (Wildman–Crippen LogP) is 5.47. The zero-order valence-corrected chi connectivity index (χ0v) is 19.3. The van der Waals surface area contributed by atoms with Crippen LogP contribution in [-0.2, 0) is 11.4 Å². The molecule has 1 amide bonds. The number of benzene rings is 3. The lowest BCUT2D eigenvalue weighted by Gasteiger charge is -2.16.